The molecular formula is C26H29N3O2. The third kappa shape index (κ3) is 6.51. The molecule has 1 atom stereocenters. The van der Waals surface area contributed by atoms with E-state index in [1.54, 1.807) is 17.3 Å². The lowest BCUT2D eigenvalue weighted by Crippen LogP contribution is -2.51. The monoisotopic (exact) mass is 415 g/mol. The van der Waals surface area contributed by atoms with E-state index in [9.17, 15) is 9.59 Å². The van der Waals surface area contributed by atoms with Gasteiger partial charge in [-0.3, -0.25) is 14.6 Å². The number of aromatic nitrogens is 1. The van der Waals surface area contributed by atoms with Crippen molar-refractivity contribution in [1.29, 1.82) is 0 Å². The molecule has 3 rings (SSSR count). The zero-order valence-electron chi connectivity index (χ0n) is 18.1. The van der Waals surface area contributed by atoms with E-state index in [0.717, 1.165) is 16.7 Å². The van der Waals surface area contributed by atoms with Crippen LogP contribution in [-0.2, 0) is 29.1 Å². The minimum atomic E-state index is -0.617. The average molecular weight is 416 g/mol. The Morgan fingerprint density at radius 1 is 0.871 bits per heavy atom. The Labute approximate surface area is 184 Å². The van der Waals surface area contributed by atoms with Gasteiger partial charge in [0.25, 0.3) is 0 Å². The lowest BCUT2D eigenvalue weighted by atomic mass is 10.0. The Balaban J connectivity index is 1.88. The fraction of sp³-hybridized carbons (Fsp3) is 0.269. The average Bonchev–Trinajstić information content (AvgIpc) is 2.81. The van der Waals surface area contributed by atoms with Gasteiger partial charge in [0.05, 0.1) is 0 Å². The highest BCUT2D eigenvalue weighted by molar-refractivity contribution is 5.88. The quantitative estimate of drug-likeness (QED) is 0.575. The number of rotatable bonds is 9. The Bertz CT molecular complexity index is 960. The van der Waals surface area contributed by atoms with Crippen LogP contribution in [0.5, 0.6) is 0 Å². The summed E-state index contributed by atoms with van der Waals surface area (Å²) in [6.45, 7) is 4.49. The maximum atomic E-state index is 13.4. The van der Waals surface area contributed by atoms with Gasteiger partial charge in [0, 0.05) is 37.8 Å². The van der Waals surface area contributed by atoms with Crippen molar-refractivity contribution in [3.63, 3.8) is 0 Å². The van der Waals surface area contributed by atoms with Crippen LogP contribution in [0.2, 0.25) is 0 Å². The van der Waals surface area contributed by atoms with Gasteiger partial charge in [-0.05, 0) is 22.8 Å². The second-order valence-corrected chi connectivity index (χ2v) is 7.89. The molecule has 0 fully saturated rings. The van der Waals surface area contributed by atoms with Crippen LogP contribution in [0.15, 0.2) is 85.2 Å². The summed E-state index contributed by atoms with van der Waals surface area (Å²) in [6.07, 6.45) is 3.88. The first-order chi connectivity index (χ1) is 15.0. The van der Waals surface area contributed by atoms with Crippen LogP contribution in [-0.4, -0.2) is 27.7 Å². The third-order valence-corrected chi connectivity index (χ3v) is 5.11. The van der Waals surface area contributed by atoms with Crippen molar-refractivity contribution >= 4 is 11.8 Å². The van der Waals surface area contributed by atoms with Gasteiger partial charge in [0.2, 0.25) is 11.8 Å². The SMILES string of the molecule is CC(C)C(=O)N(Cc1ccccc1)C(Cc1ccccc1)C(=O)NCc1cccnc1. The highest BCUT2D eigenvalue weighted by Gasteiger charge is 2.31. The molecule has 5 nitrogen and oxygen atoms in total. The van der Waals surface area contributed by atoms with Crippen LogP contribution >= 0.6 is 0 Å². The number of carbonyl (C=O) groups excluding carboxylic acids is 2. The molecule has 0 saturated heterocycles. The molecule has 2 amide bonds. The van der Waals surface area contributed by atoms with Gasteiger partial charge in [0.15, 0.2) is 0 Å². The van der Waals surface area contributed by atoms with Gasteiger partial charge in [-0.2, -0.15) is 0 Å². The Morgan fingerprint density at radius 2 is 1.48 bits per heavy atom. The summed E-state index contributed by atoms with van der Waals surface area (Å²) in [4.78, 5) is 32.4. The fourth-order valence-electron chi connectivity index (χ4n) is 3.44. The van der Waals surface area contributed by atoms with Crippen molar-refractivity contribution in [2.45, 2.75) is 39.4 Å². The molecule has 3 aromatic rings. The zero-order valence-corrected chi connectivity index (χ0v) is 18.1. The number of nitrogens with zero attached hydrogens (tertiary/aromatic N) is 2. The number of pyridine rings is 1. The summed E-state index contributed by atoms with van der Waals surface area (Å²) in [5, 5.41) is 3.01. The van der Waals surface area contributed by atoms with Crippen LogP contribution in [0, 0.1) is 5.92 Å². The maximum Gasteiger partial charge on any atom is 0.243 e. The molecule has 1 heterocycles. The molecule has 0 saturated carbocycles. The first-order valence-electron chi connectivity index (χ1n) is 10.6. The topological polar surface area (TPSA) is 62.3 Å². The second-order valence-electron chi connectivity index (χ2n) is 7.89. The van der Waals surface area contributed by atoms with E-state index in [-0.39, 0.29) is 17.7 Å². The number of hydrogen-bond donors (Lipinski definition) is 1. The lowest BCUT2D eigenvalue weighted by Gasteiger charge is -2.32. The molecule has 0 spiro atoms. The Morgan fingerprint density at radius 3 is 2.06 bits per heavy atom. The van der Waals surface area contributed by atoms with Crippen molar-refractivity contribution in [3.05, 3.63) is 102 Å². The van der Waals surface area contributed by atoms with Crippen LogP contribution in [0.4, 0.5) is 0 Å². The second kappa shape index (κ2) is 11.1. The van der Waals surface area contributed by atoms with Crippen molar-refractivity contribution < 1.29 is 9.59 Å². The van der Waals surface area contributed by atoms with Crippen molar-refractivity contribution in [1.82, 2.24) is 15.2 Å². The summed E-state index contributed by atoms with van der Waals surface area (Å²) in [5.74, 6) is -0.424. The van der Waals surface area contributed by atoms with Crippen LogP contribution in [0.3, 0.4) is 0 Å². The van der Waals surface area contributed by atoms with Crippen LogP contribution in [0.1, 0.15) is 30.5 Å². The fourth-order valence-corrected chi connectivity index (χ4v) is 3.44. The number of hydrogen-bond acceptors (Lipinski definition) is 3. The van der Waals surface area contributed by atoms with E-state index in [4.69, 9.17) is 0 Å². The van der Waals surface area contributed by atoms with Gasteiger partial charge in [0.1, 0.15) is 6.04 Å². The lowest BCUT2D eigenvalue weighted by molar-refractivity contribution is -0.143. The van der Waals surface area contributed by atoms with Crippen molar-refractivity contribution in [2.75, 3.05) is 0 Å². The van der Waals surface area contributed by atoms with E-state index in [0.29, 0.717) is 19.5 Å². The summed E-state index contributed by atoms with van der Waals surface area (Å²) >= 11 is 0. The van der Waals surface area contributed by atoms with Gasteiger partial charge < -0.3 is 10.2 Å². The molecule has 1 aromatic heterocycles. The van der Waals surface area contributed by atoms with Gasteiger partial charge in [-0.15, -0.1) is 0 Å². The molecule has 0 aliphatic carbocycles. The van der Waals surface area contributed by atoms with Gasteiger partial charge in [-0.1, -0.05) is 80.6 Å². The number of benzene rings is 2. The maximum absolute atomic E-state index is 13.4. The van der Waals surface area contributed by atoms with Crippen LogP contribution < -0.4 is 5.32 Å². The first-order valence-corrected chi connectivity index (χ1v) is 10.6. The van der Waals surface area contributed by atoms with Gasteiger partial charge in [-0.25, -0.2) is 0 Å². The molecule has 160 valence electrons. The molecule has 0 aliphatic rings. The molecule has 5 heteroatoms. The molecule has 0 radical (unpaired) electrons. The normalized spacial score (nSPS) is 11.7. The van der Waals surface area contributed by atoms with E-state index >= 15 is 0 Å². The predicted octanol–water partition coefficient (Wildman–Crippen LogP) is 3.99. The highest BCUT2D eigenvalue weighted by atomic mass is 16.2. The summed E-state index contributed by atoms with van der Waals surface area (Å²) in [7, 11) is 0. The van der Waals surface area contributed by atoms with Gasteiger partial charge >= 0.3 is 0 Å². The molecule has 31 heavy (non-hydrogen) atoms. The molecule has 1 N–H and O–H groups in total. The zero-order chi connectivity index (χ0) is 22.1. The largest absolute Gasteiger partial charge is 0.350 e. The molecular weight excluding hydrogens is 386 g/mol. The number of amides is 2. The third-order valence-electron chi connectivity index (χ3n) is 5.11. The van der Waals surface area contributed by atoms with Crippen molar-refractivity contribution in [3.8, 4) is 0 Å². The van der Waals surface area contributed by atoms with E-state index in [1.807, 2.05) is 86.6 Å². The molecule has 1 unspecified atom stereocenters. The summed E-state index contributed by atoms with van der Waals surface area (Å²) in [6, 6.07) is 22.8. The Hall–Kier alpha value is -3.47. The van der Waals surface area contributed by atoms with Crippen molar-refractivity contribution in [2.24, 2.45) is 5.92 Å². The number of carbonyl (C=O) groups is 2. The van der Waals surface area contributed by atoms with E-state index in [2.05, 4.69) is 10.3 Å². The first kappa shape index (κ1) is 22.2. The molecule has 0 bridgehead atoms. The minimum Gasteiger partial charge on any atom is -0.350 e. The van der Waals surface area contributed by atoms with Crippen LogP contribution in [0.25, 0.3) is 0 Å². The summed E-state index contributed by atoms with van der Waals surface area (Å²) in [5.41, 5.74) is 2.92. The molecule has 2 aromatic carbocycles. The number of nitrogens with one attached hydrogen (secondary N) is 1. The predicted molar refractivity (Wildman–Crippen MR) is 122 cm³/mol. The minimum absolute atomic E-state index is 0.0405. The highest BCUT2D eigenvalue weighted by Crippen LogP contribution is 2.17. The smallest absolute Gasteiger partial charge is 0.243 e. The molecule has 0 aliphatic heterocycles. The standard InChI is InChI=1S/C26H29N3O2/c1-20(2)26(31)29(19-22-12-7-4-8-13-22)24(16-21-10-5-3-6-11-21)25(30)28-18-23-14-9-15-27-17-23/h3-15,17,20,24H,16,18-19H2,1-2H3,(H,28,30). The van der Waals surface area contributed by atoms with E-state index in [1.165, 1.54) is 0 Å². The summed E-state index contributed by atoms with van der Waals surface area (Å²) < 4.78 is 0. The van der Waals surface area contributed by atoms with E-state index < -0.39 is 6.04 Å². The Kier molecular flexibility index (Phi) is 7.93.